The summed E-state index contributed by atoms with van der Waals surface area (Å²) in [6.45, 7) is 1.72. The predicted octanol–water partition coefficient (Wildman–Crippen LogP) is 3.41. The molecule has 20 heavy (non-hydrogen) atoms. The standard InChI is InChI=1S/C13H11F3N2OS/c1-7(17)12-18-10(6-20-12)11(19)8-3-2-4-9(5-8)13(14,15)16/h2-7H,17H2,1H3. The third kappa shape index (κ3) is 3.05. The number of aromatic nitrogens is 1. The molecular weight excluding hydrogens is 289 g/mol. The number of benzene rings is 1. The summed E-state index contributed by atoms with van der Waals surface area (Å²) in [5, 5.41) is 2.07. The Kier molecular flexibility index (Phi) is 3.92. The molecule has 106 valence electrons. The summed E-state index contributed by atoms with van der Waals surface area (Å²) in [5.74, 6) is -0.542. The van der Waals surface area contributed by atoms with Crippen molar-refractivity contribution >= 4 is 17.1 Å². The number of carbonyl (C=O) groups excluding carboxylic acids is 1. The van der Waals surface area contributed by atoms with Crippen molar-refractivity contribution in [2.75, 3.05) is 0 Å². The first-order valence-corrected chi connectivity index (χ1v) is 6.60. The van der Waals surface area contributed by atoms with Gasteiger partial charge in [-0.25, -0.2) is 4.98 Å². The largest absolute Gasteiger partial charge is 0.416 e. The molecule has 0 amide bonds. The lowest BCUT2D eigenvalue weighted by Crippen LogP contribution is -2.09. The number of ketones is 1. The number of rotatable bonds is 3. The lowest BCUT2D eigenvalue weighted by atomic mass is 10.1. The van der Waals surface area contributed by atoms with E-state index in [4.69, 9.17) is 5.73 Å². The van der Waals surface area contributed by atoms with Crippen LogP contribution in [0.1, 0.15) is 39.6 Å². The second kappa shape index (κ2) is 5.34. The molecule has 0 saturated carbocycles. The molecule has 7 heteroatoms. The highest BCUT2D eigenvalue weighted by atomic mass is 32.1. The summed E-state index contributed by atoms with van der Waals surface area (Å²) in [4.78, 5) is 16.1. The minimum atomic E-state index is -4.48. The van der Waals surface area contributed by atoms with Crippen LogP contribution in [0, 0.1) is 0 Å². The number of nitrogens with zero attached hydrogens (tertiary/aromatic N) is 1. The first kappa shape index (κ1) is 14.7. The van der Waals surface area contributed by atoms with E-state index in [9.17, 15) is 18.0 Å². The molecule has 1 heterocycles. The molecule has 0 radical (unpaired) electrons. The maximum atomic E-state index is 12.6. The van der Waals surface area contributed by atoms with Crippen LogP contribution in [-0.2, 0) is 6.18 Å². The van der Waals surface area contributed by atoms with Gasteiger partial charge in [0.05, 0.1) is 11.6 Å². The molecule has 1 unspecified atom stereocenters. The zero-order valence-electron chi connectivity index (χ0n) is 10.4. The molecular formula is C13H11F3N2OS. The van der Waals surface area contributed by atoms with Gasteiger partial charge in [0.2, 0.25) is 5.78 Å². The lowest BCUT2D eigenvalue weighted by molar-refractivity contribution is -0.137. The second-order valence-electron chi connectivity index (χ2n) is 4.27. The van der Waals surface area contributed by atoms with Crippen molar-refractivity contribution in [3.63, 3.8) is 0 Å². The Morgan fingerprint density at radius 3 is 2.65 bits per heavy atom. The van der Waals surface area contributed by atoms with E-state index in [1.807, 2.05) is 0 Å². The zero-order valence-corrected chi connectivity index (χ0v) is 11.3. The van der Waals surface area contributed by atoms with Crippen molar-refractivity contribution < 1.29 is 18.0 Å². The van der Waals surface area contributed by atoms with E-state index in [0.29, 0.717) is 5.01 Å². The number of hydrogen-bond acceptors (Lipinski definition) is 4. The highest BCUT2D eigenvalue weighted by molar-refractivity contribution is 7.09. The first-order valence-electron chi connectivity index (χ1n) is 5.72. The van der Waals surface area contributed by atoms with Gasteiger partial charge in [0, 0.05) is 10.9 Å². The molecule has 0 aliphatic rings. The minimum absolute atomic E-state index is 0.0404. The number of thiazole rings is 1. The molecule has 1 aromatic carbocycles. The summed E-state index contributed by atoms with van der Waals surface area (Å²) in [6, 6.07) is 3.97. The maximum Gasteiger partial charge on any atom is 0.416 e. The SMILES string of the molecule is CC(N)c1nc(C(=O)c2cccc(C(F)(F)F)c2)cs1. The van der Waals surface area contributed by atoms with Gasteiger partial charge in [-0.05, 0) is 19.1 Å². The van der Waals surface area contributed by atoms with Gasteiger partial charge >= 0.3 is 6.18 Å². The smallest absolute Gasteiger partial charge is 0.322 e. The average Bonchev–Trinajstić information content (AvgIpc) is 2.87. The van der Waals surface area contributed by atoms with Crippen LogP contribution >= 0.6 is 11.3 Å². The molecule has 0 spiro atoms. The van der Waals surface area contributed by atoms with E-state index in [1.165, 1.54) is 28.8 Å². The topological polar surface area (TPSA) is 56.0 Å². The van der Waals surface area contributed by atoms with E-state index < -0.39 is 17.5 Å². The van der Waals surface area contributed by atoms with Gasteiger partial charge in [-0.1, -0.05) is 12.1 Å². The fourth-order valence-electron chi connectivity index (χ4n) is 1.59. The van der Waals surface area contributed by atoms with E-state index in [1.54, 1.807) is 6.92 Å². The van der Waals surface area contributed by atoms with Gasteiger partial charge < -0.3 is 5.73 Å². The monoisotopic (exact) mass is 300 g/mol. The van der Waals surface area contributed by atoms with E-state index >= 15 is 0 Å². The van der Waals surface area contributed by atoms with E-state index in [2.05, 4.69) is 4.98 Å². The van der Waals surface area contributed by atoms with Crippen molar-refractivity contribution in [1.29, 1.82) is 0 Å². The number of nitrogens with two attached hydrogens (primary N) is 1. The average molecular weight is 300 g/mol. The van der Waals surface area contributed by atoms with Crippen LogP contribution in [0.2, 0.25) is 0 Å². The fourth-order valence-corrected chi connectivity index (χ4v) is 2.34. The quantitative estimate of drug-likeness (QED) is 0.884. The predicted molar refractivity (Wildman–Crippen MR) is 69.6 cm³/mol. The van der Waals surface area contributed by atoms with Crippen molar-refractivity contribution in [3.05, 3.63) is 51.5 Å². The van der Waals surface area contributed by atoms with Crippen LogP contribution in [0.4, 0.5) is 13.2 Å². The normalized spacial score (nSPS) is 13.2. The van der Waals surface area contributed by atoms with Gasteiger partial charge in [-0.2, -0.15) is 13.2 Å². The Balaban J connectivity index is 2.33. The molecule has 0 aliphatic carbocycles. The van der Waals surface area contributed by atoms with Crippen LogP contribution in [-0.4, -0.2) is 10.8 Å². The Bertz CT molecular complexity index is 635. The summed E-state index contributed by atoms with van der Waals surface area (Å²) in [5.41, 5.74) is 4.85. The number of hydrogen-bond donors (Lipinski definition) is 1. The molecule has 0 saturated heterocycles. The molecule has 0 bridgehead atoms. The minimum Gasteiger partial charge on any atom is -0.322 e. The van der Waals surface area contributed by atoms with Gasteiger partial charge in [0.25, 0.3) is 0 Å². The van der Waals surface area contributed by atoms with Crippen LogP contribution in [0.15, 0.2) is 29.6 Å². The highest BCUT2D eigenvalue weighted by Gasteiger charge is 2.31. The zero-order chi connectivity index (χ0) is 14.9. The summed E-state index contributed by atoms with van der Waals surface area (Å²) >= 11 is 1.21. The van der Waals surface area contributed by atoms with E-state index in [0.717, 1.165) is 12.1 Å². The third-order valence-corrected chi connectivity index (χ3v) is 3.64. The fraction of sp³-hybridized carbons (Fsp3) is 0.231. The Morgan fingerprint density at radius 2 is 2.10 bits per heavy atom. The van der Waals surface area contributed by atoms with Crippen molar-refractivity contribution in [2.24, 2.45) is 5.73 Å². The lowest BCUT2D eigenvalue weighted by Gasteiger charge is -2.07. The molecule has 2 aromatic rings. The number of alkyl halides is 3. The van der Waals surface area contributed by atoms with Gasteiger partial charge in [-0.3, -0.25) is 4.79 Å². The molecule has 1 atom stereocenters. The van der Waals surface area contributed by atoms with Gasteiger partial charge in [-0.15, -0.1) is 11.3 Å². The van der Waals surface area contributed by atoms with Crippen LogP contribution in [0.5, 0.6) is 0 Å². The molecule has 3 nitrogen and oxygen atoms in total. The van der Waals surface area contributed by atoms with E-state index in [-0.39, 0.29) is 17.3 Å². The summed E-state index contributed by atoms with van der Waals surface area (Å²) in [7, 11) is 0. The Labute approximate surface area is 117 Å². The molecule has 2 rings (SSSR count). The molecule has 2 N–H and O–H groups in total. The van der Waals surface area contributed by atoms with Crippen molar-refractivity contribution in [1.82, 2.24) is 4.98 Å². The Morgan fingerprint density at radius 1 is 1.40 bits per heavy atom. The summed E-state index contributed by atoms with van der Waals surface area (Å²) in [6.07, 6.45) is -4.48. The highest BCUT2D eigenvalue weighted by Crippen LogP contribution is 2.30. The van der Waals surface area contributed by atoms with Gasteiger partial charge in [0.1, 0.15) is 10.7 Å². The van der Waals surface area contributed by atoms with Crippen LogP contribution in [0.25, 0.3) is 0 Å². The third-order valence-electron chi connectivity index (χ3n) is 2.60. The molecule has 1 aromatic heterocycles. The van der Waals surface area contributed by atoms with Crippen LogP contribution < -0.4 is 5.73 Å². The second-order valence-corrected chi connectivity index (χ2v) is 5.16. The van der Waals surface area contributed by atoms with Crippen molar-refractivity contribution in [2.45, 2.75) is 19.1 Å². The summed E-state index contributed by atoms with van der Waals surface area (Å²) < 4.78 is 37.8. The first-order chi connectivity index (χ1) is 9.29. The maximum absolute atomic E-state index is 12.6. The number of halogens is 3. The number of carbonyl (C=O) groups is 1. The Hall–Kier alpha value is -1.73. The van der Waals surface area contributed by atoms with Crippen molar-refractivity contribution in [3.8, 4) is 0 Å². The molecule has 0 aliphatic heterocycles. The molecule has 0 fully saturated rings. The van der Waals surface area contributed by atoms with Gasteiger partial charge in [0.15, 0.2) is 0 Å². The van der Waals surface area contributed by atoms with Crippen LogP contribution in [0.3, 0.4) is 0 Å².